The summed E-state index contributed by atoms with van der Waals surface area (Å²) >= 11 is 0.924. The molecule has 1 aliphatic rings. The van der Waals surface area contributed by atoms with Crippen LogP contribution in [0.5, 0.6) is 0 Å². The van der Waals surface area contributed by atoms with E-state index in [1.807, 2.05) is 0 Å². The van der Waals surface area contributed by atoms with Crippen LogP contribution in [0.15, 0.2) is 24.3 Å². The third-order valence-corrected chi connectivity index (χ3v) is 2.94. The first kappa shape index (κ1) is 4.57. The normalized spacial score (nSPS) is 20.3. The van der Waals surface area contributed by atoms with Crippen LogP contribution < -0.4 is 0 Å². The van der Waals surface area contributed by atoms with E-state index in [1.54, 1.807) is 0 Å². The van der Waals surface area contributed by atoms with Crippen molar-refractivity contribution in [2.45, 2.75) is 3.43 Å². The molecule has 0 aromatic carbocycles. The Balaban J connectivity index is 2.60. The second-order valence-corrected chi connectivity index (χ2v) is 5.10. The summed E-state index contributed by atoms with van der Waals surface area (Å²) < 4.78 is 0.880. The Bertz CT molecular complexity index is 80.1. The average molecular weight is 266 g/mol. The summed E-state index contributed by atoms with van der Waals surface area (Å²) in [5.41, 5.74) is 0. The molecule has 0 amide bonds. The fourth-order valence-corrected chi connectivity index (χ4v) is 1.70. The van der Waals surface area contributed by atoms with Crippen molar-refractivity contribution in [3.8, 4) is 0 Å². The molecule has 1 heteroatoms. The van der Waals surface area contributed by atoms with Crippen molar-refractivity contribution in [3.63, 3.8) is 0 Å². The second-order valence-electron chi connectivity index (χ2n) is 1.43. The molecule has 0 nitrogen and oxygen atoms in total. The third-order valence-electron chi connectivity index (χ3n) is 0.828. The molecule has 0 fully saturated rings. The fraction of sp³-hybridized carbons (Fsp3) is 0.200. The van der Waals surface area contributed by atoms with E-state index in [2.05, 4.69) is 24.3 Å². The van der Waals surface area contributed by atoms with E-state index in [-0.39, 0.29) is 0 Å². The molecule has 0 atom stereocenters. The molecule has 0 heterocycles. The standard InChI is InChI=1S/C5H5.Hg/c1-2-4-5-3-1;/h1-5H;. The van der Waals surface area contributed by atoms with Crippen LogP contribution in [-0.4, -0.2) is 0 Å². The van der Waals surface area contributed by atoms with Gasteiger partial charge in [-0.1, -0.05) is 0 Å². The zero-order valence-electron chi connectivity index (χ0n) is 3.59. The van der Waals surface area contributed by atoms with Crippen molar-refractivity contribution in [1.29, 1.82) is 0 Å². The Kier molecular flexibility index (Phi) is 1.46. The van der Waals surface area contributed by atoms with Crippen LogP contribution in [-0.2, 0) is 26.1 Å². The van der Waals surface area contributed by atoms with Crippen molar-refractivity contribution in [2.24, 2.45) is 0 Å². The Labute approximate surface area is 53.9 Å². The van der Waals surface area contributed by atoms with Gasteiger partial charge in [0.2, 0.25) is 0 Å². The van der Waals surface area contributed by atoms with Gasteiger partial charge in [0, 0.05) is 0 Å². The van der Waals surface area contributed by atoms with Gasteiger partial charge in [0.1, 0.15) is 0 Å². The van der Waals surface area contributed by atoms with Gasteiger partial charge in [-0.2, -0.15) is 0 Å². The van der Waals surface area contributed by atoms with Crippen molar-refractivity contribution >= 4 is 0 Å². The van der Waals surface area contributed by atoms with E-state index in [9.17, 15) is 0 Å². The average Bonchev–Trinajstić information content (AvgIpc) is 1.86. The predicted molar refractivity (Wildman–Crippen MR) is 22.0 cm³/mol. The van der Waals surface area contributed by atoms with Gasteiger partial charge in [0.05, 0.1) is 0 Å². The summed E-state index contributed by atoms with van der Waals surface area (Å²) in [6.07, 6.45) is 8.75. The van der Waals surface area contributed by atoms with Crippen molar-refractivity contribution < 1.29 is 26.1 Å². The maximum atomic E-state index is 2.25. The van der Waals surface area contributed by atoms with E-state index >= 15 is 0 Å². The van der Waals surface area contributed by atoms with Crippen LogP contribution in [0.25, 0.3) is 0 Å². The van der Waals surface area contributed by atoms with Gasteiger partial charge in [-0.25, -0.2) is 0 Å². The molecule has 0 saturated carbocycles. The third kappa shape index (κ3) is 0.936. The monoisotopic (exact) mass is 267 g/mol. The molecule has 1 aliphatic carbocycles. The van der Waals surface area contributed by atoms with Crippen LogP contribution in [0.4, 0.5) is 0 Å². The fourth-order valence-electron chi connectivity index (χ4n) is 0.478. The topological polar surface area (TPSA) is 0 Å². The zero-order chi connectivity index (χ0) is 4.41. The summed E-state index contributed by atoms with van der Waals surface area (Å²) in [5.74, 6) is 0. The molecule has 1 rings (SSSR count). The number of allylic oxidation sites excluding steroid dienone is 4. The van der Waals surface area contributed by atoms with Crippen LogP contribution in [0.2, 0.25) is 3.43 Å². The van der Waals surface area contributed by atoms with Crippen molar-refractivity contribution in [1.82, 2.24) is 0 Å². The SMILES string of the molecule is [Hg][CH]1C=CC=C1. The molecule has 0 aromatic heterocycles. The summed E-state index contributed by atoms with van der Waals surface area (Å²) in [4.78, 5) is 0. The van der Waals surface area contributed by atoms with Gasteiger partial charge in [0.15, 0.2) is 0 Å². The van der Waals surface area contributed by atoms with Gasteiger partial charge < -0.3 is 0 Å². The van der Waals surface area contributed by atoms with Gasteiger partial charge >= 0.3 is 53.9 Å². The van der Waals surface area contributed by atoms with E-state index in [0.717, 1.165) is 29.5 Å². The minimum atomic E-state index is 0.880. The van der Waals surface area contributed by atoms with Crippen LogP contribution in [0.1, 0.15) is 0 Å². The molecular formula is C5H5Hg. The van der Waals surface area contributed by atoms with E-state index in [0.29, 0.717) is 0 Å². The Morgan fingerprint density at radius 2 is 1.67 bits per heavy atom. The number of hydrogen-bond acceptors (Lipinski definition) is 0. The first-order valence-electron chi connectivity index (χ1n) is 2.07. The van der Waals surface area contributed by atoms with Gasteiger partial charge in [-0.3, -0.25) is 0 Å². The Morgan fingerprint density at radius 3 is 1.83 bits per heavy atom. The molecule has 27 valence electrons. The van der Waals surface area contributed by atoms with Crippen LogP contribution in [0, 0.1) is 0 Å². The van der Waals surface area contributed by atoms with Crippen LogP contribution in [0.3, 0.4) is 0 Å². The molecule has 0 saturated heterocycles. The van der Waals surface area contributed by atoms with E-state index in [4.69, 9.17) is 0 Å². The summed E-state index contributed by atoms with van der Waals surface area (Å²) in [7, 11) is 0. The minimum absolute atomic E-state index is 0.880. The molecule has 0 unspecified atom stereocenters. The Hall–Kier alpha value is 0.415. The molecule has 0 N–H and O–H groups in total. The van der Waals surface area contributed by atoms with Crippen molar-refractivity contribution in [2.75, 3.05) is 0 Å². The molecule has 0 spiro atoms. The van der Waals surface area contributed by atoms with Gasteiger partial charge in [-0.05, 0) is 0 Å². The molecule has 0 radical (unpaired) electrons. The maximum absolute atomic E-state index is 2.25. The summed E-state index contributed by atoms with van der Waals surface area (Å²) in [6, 6.07) is 0. The molecular weight excluding hydrogens is 261 g/mol. The molecule has 0 aromatic rings. The van der Waals surface area contributed by atoms with Crippen molar-refractivity contribution in [3.05, 3.63) is 24.3 Å². The van der Waals surface area contributed by atoms with Gasteiger partial charge in [-0.15, -0.1) is 0 Å². The number of rotatable bonds is 0. The first-order valence-corrected chi connectivity index (χ1v) is 5.25. The first-order chi connectivity index (χ1) is 2.89. The second kappa shape index (κ2) is 1.92. The van der Waals surface area contributed by atoms with Crippen LogP contribution >= 0.6 is 0 Å². The van der Waals surface area contributed by atoms with E-state index < -0.39 is 0 Å². The quantitative estimate of drug-likeness (QED) is 0.582. The number of hydrogen-bond donors (Lipinski definition) is 0. The zero-order valence-corrected chi connectivity index (χ0v) is 9.09. The molecule has 6 heavy (non-hydrogen) atoms. The summed E-state index contributed by atoms with van der Waals surface area (Å²) in [6.45, 7) is 0. The van der Waals surface area contributed by atoms with E-state index in [1.165, 1.54) is 0 Å². The molecule has 0 bridgehead atoms. The summed E-state index contributed by atoms with van der Waals surface area (Å²) in [5, 5.41) is 0. The van der Waals surface area contributed by atoms with Gasteiger partial charge in [0.25, 0.3) is 0 Å². The Morgan fingerprint density at radius 1 is 1.17 bits per heavy atom. The predicted octanol–water partition coefficient (Wildman–Crippen LogP) is 1.45. The molecule has 0 aliphatic heterocycles.